The first kappa shape index (κ1) is 40.4. The van der Waals surface area contributed by atoms with Crippen molar-refractivity contribution >= 4 is 67.4 Å². The van der Waals surface area contributed by atoms with E-state index in [1.54, 1.807) is 65.2 Å². The summed E-state index contributed by atoms with van der Waals surface area (Å²) < 4.78 is 94.9. The highest BCUT2D eigenvalue weighted by atomic mass is 32.2. The second-order valence-corrected chi connectivity index (χ2v) is 17.6. The molecule has 0 aliphatic carbocycles. The lowest BCUT2D eigenvalue weighted by molar-refractivity contribution is -0.137. The number of aromatic nitrogens is 3. The zero-order valence-electron chi connectivity index (χ0n) is 31.6. The summed E-state index contributed by atoms with van der Waals surface area (Å²) in [7, 11) is 1.42. The Kier molecular flexibility index (Phi) is 10.6. The number of hydrogen-bond donors (Lipinski definition) is 1. The number of benzene rings is 2. The summed E-state index contributed by atoms with van der Waals surface area (Å²) in [5.41, 5.74) is -5.42. The number of thioether (sulfide) groups is 1. The largest absolute Gasteiger partial charge is 0.444 e. The van der Waals surface area contributed by atoms with Gasteiger partial charge in [0.25, 0.3) is 0 Å². The molecule has 55 heavy (non-hydrogen) atoms. The van der Waals surface area contributed by atoms with Crippen molar-refractivity contribution in [2.75, 3.05) is 42.8 Å². The number of halogens is 5. The average Bonchev–Trinajstić information content (AvgIpc) is 3.44. The zero-order chi connectivity index (χ0) is 40.5. The highest BCUT2D eigenvalue weighted by Crippen LogP contribution is 2.52. The highest BCUT2D eigenvalue weighted by Gasteiger charge is 2.42. The minimum Gasteiger partial charge on any atom is -0.444 e. The van der Waals surface area contributed by atoms with Crippen molar-refractivity contribution in [3.8, 4) is 11.1 Å². The van der Waals surface area contributed by atoms with Crippen molar-refractivity contribution in [3.05, 3.63) is 39.8 Å². The molecule has 0 bridgehead atoms. The maximum atomic E-state index is 16.2. The van der Waals surface area contributed by atoms with Crippen molar-refractivity contribution in [2.45, 2.75) is 95.8 Å². The van der Waals surface area contributed by atoms with Crippen LogP contribution in [0.5, 0.6) is 0 Å². The molecule has 4 aromatic rings. The molecule has 2 aromatic heterocycles. The first-order chi connectivity index (χ1) is 25.5. The minimum absolute atomic E-state index is 0.0163. The molecule has 1 fully saturated rings. The zero-order valence-corrected chi connectivity index (χ0v) is 33.2. The molecule has 2 aliphatic rings. The Hall–Kier alpha value is -4.23. The first-order valence-corrected chi connectivity index (χ1v) is 19.2. The monoisotopic (exact) mass is 812 g/mol. The van der Waals surface area contributed by atoms with E-state index >= 15 is 22.0 Å². The summed E-state index contributed by atoms with van der Waals surface area (Å²) in [4.78, 5) is 51.4. The molecule has 2 aliphatic heterocycles. The fourth-order valence-electron chi connectivity index (χ4n) is 6.99. The van der Waals surface area contributed by atoms with Crippen molar-refractivity contribution < 1.29 is 45.8 Å². The van der Waals surface area contributed by atoms with Crippen molar-refractivity contribution in [2.24, 2.45) is 0 Å². The van der Waals surface area contributed by atoms with Crippen LogP contribution in [0.2, 0.25) is 0 Å². The van der Waals surface area contributed by atoms with Crippen LogP contribution in [0.25, 0.3) is 32.2 Å². The minimum atomic E-state index is -5.10. The van der Waals surface area contributed by atoms with E-state index in [4.69, 9.17) is 14.2 Å². The molecular formula is C36H41F5N6O6S2. The summed E-state index contributed by atoms with van der Waals surface area (Å²) in [5, 5.41) is 2.09. The molecule has 0 saturated carbocycles. The number of amides is 2. The third-order valence-corrected chi connectivity index (χ3v) is 11.1. The van der Waals surface area contributed by atoms with E-state index in [0.29, 0.717) is 17.4 Å². The molecule has 3 atom stereocenters. The van der Waals surface area contributed by atoms with Crippen LogP contribution in [0.3, 0.4) is 0 Å². The highest BCUT2D eigenvalue weighted by molar-refractivity contribution is 7.99. The third kappa shape index (κ3) is 7.92. The molecular weight excluding hydrogens is 772 g/mol. The predicted molar refractivity (Wildman–Crippen MR) is 200 cm³/mol. The number of rotatable bonds is 5. The lowest BCUT2D eigenvalue weighted by Gasteiger charge is -2.45. The van der Waals surface area contributed by atoms with Gasteiger partial charge in [-0.05, 0) is 61.5 Å². The number of nitrogens with zero attached hydrogens (tertiary/aromatic N) is 5. The molecule has 0 spiro atoms. The Labute approximate surface area is 321 Å². The number of hydrogen-bond acceptors (Lipinski definition) is 11. The van der Waals surface area contributed by atoms with E-state index in [0.717, 1.165) is 17.8 Å². The molecule has 4 heterocycles. The Morgan fingerprint density at radius 1 is 0.945 bits per heavy atom. The van der Waals surface area contributed by atoms with E-state index in [1.807, 2.05) is 0 Å². The predicted octanol–water partition coefficient (Wildman–Crippen LogP) is 8.44. The van der Waals surface area contributed by atoms with E-state index < -0.39 is 87.2 Å². The van der Waals surface area contributed by atoms with Gasteiger partial charge >= 0.3 is 24.1 Å². The number of methoxy groups -OCH3 is 1. The molecule has 1 saturated heterocycles. The van der Waals surface area contributed by atoms with Crippen LogP contribution in [-0.4, -0.2) is 87.5 Å². The molecule has 6 rings (SSSR count). The van der Waals surface area contributed by atoms with Crippen LogP contribution < -0.4 is 15.9 Å². The van der Waals surface area contributed by atoms with Gasteiger partial charge < -0.3 is 19.1 Å². The Morgan fingerprint density at radius 2 is 1.58 bits per heavy atom. The number of thiazole rings is 1. The van der Waals surface area contributed by atoms with Crippen LogP contribution >= 0.6 is 23.1 Å². The quantitative estimate of drug-likeness (QED) is 0.196. The Balaban J connectivity index is 1.60. The molecule has 0 radical (unpaired) electrons. The number of carbonyl (C=O) groups excluding carboxylic acids is 2. The second kappa shape index (κ2) is 14.4. The number of ether oxygens (including phenoxy) is 3. The number of alkyl halides is 3. The van der Waals surface area contributed by atoms with Crippen LogP contribution in [0.1, 0.15) is 67.0 Å². The number of carbonyl (C=O) groups is 2. The van der Waals surface area contributed by atoms with Crippen LogP contribution in [-0.2, 0) is 20.4 Å². The lowest BCUT2D eigenvalue weighted by Crippen LogP contribution is -2.60. The fraction of sp³-hybridized carbons (Fsp3) is 0.528. The standard InChI is InChI=1S/C36H41F5N6O6S2/c1-16-12-45(13-17(2)46(16)33(50)53-35(6,7)8)29-19-10-20(36(39,40)41)23(28-26(19)47(31(48)43-29)18(14-51-9)15-54-28)24-21(37)11-22(38)27-25(24)42-30(55-27)44-32(49)52-34(3,4)5/h10-11,16-18H,12-15H2,1-9H3,(H,42,44,49)/t16-,17+,18-/m0/s1. The summed E-state index contributed by atoms with van der Waals surface area (Å²) in [6, 6.07) is -0.358. The van der Waals surface area contributed by atoms with Crippen molar-refractivity contribution in [1.29, 1.82) is 0 Å². The maximum Gasteiger partial charge on any atom is 0.417 e. The molecule has 19 heteroatoms. The fourth-order valence-corrected chi connectivity index (χ4v) is 9.16. The van der Waals surface area contributed by atoms with Gasteiger partial charge in [0.1, 0.15) is 28.7 Å². The molecule has 2 aromatic carbocycles. The van der Waals surface area contributed by atoms with Gasteiger partial charge in [0, 0.05) is 53.4 Å². The van der Waals surface area contributed by atoms with E-state index in [1.165, 1.54) is 11.7 Å². The summed E-state index contributed by atoms with van der Waals surface area (Å²) in [5.74, 6) is -2.41. The third-order valence-electron chi connectivity index (χ3n) is 8.85. The second-order valence-electron chi connectivity index (χ2n) is 15.6. The van der Waals surface area contributed by atoms with Crippen molar-refractivity contribution in [3.63, 3.8) is 0 Å². The summed E-state index contributed by atoms with van der Waals surface area (Å²) in [6.45, 7) is 13.8. The number of piperazine rings is 1. The summed E-state index contributed by atoms with van der Waals surface area (Å²) >= 11 is 1.57. The molecule has 12 nitrogen and oxygen atoms in total. The number of fused-ring (bicyclic) bond motifs is 1. The van der Waals surface area contributed by atoms with Gasteiger partial charge in [0.2, 0.25) is 0 Å². The number of anilines is 2. The van der Waals surface area contributed by atoms with Crippen LogP contribution in [0.4, 0.5) is 42.5 Å². The molecule has 2 amide bonds. The molecule has 298 valence electrons. The lowest BCUT2D eigenvalue weighted by atomic mass is 9.94. The Morgan fingerprint density at radius 3 is 2.16 bits per heavy atom. The van der Waals surface area contributed by atoms with Gasteiger partial charge in [-0.3, -0.25) is 14.8 Å². The first-order valence-electron chi connectivity index (χ1n) is 17.4. The van der Waals surface area contributed by atoms with Gasteiger partial charge in [-0.25, -0.2) is 28.1 Å². The number of nitrogens with one attached hydrogen (secondary N) is 1. The average molecular weight is 813 g/mol. The van der Waals surface area contributed by atoms with Crippen LogP contribution in [0, 0.1) is 11.6 Å². The van der Waals surface area contributed by atoms with E-state index in [2.05, 4.69) is 15.3 Å². The maximum absolute atomic E-state index is 16.2. The van der Waals surface area contributed by atoms with Gasteiger partial charge in [-0.1, -0.05) is 11.3 Å². The topological polar surface area (TPSA) is 128 Å². The summed E-state index contributed by atoms with van der Waals surface area (Å²) in [6.07, 6.45) is -6.61. The van der Waals surface area contributed by atoms with Gasteiger partial charge in [0.05, 0.1) is 46.0 Å². The SMILES string of the molecule is COC[C@H]1CSc2c(-c3c(F)cc(F)c4sc(NC(=O)OC(C)(C)C)nc34)c(C(F)(F)F)cc3c(N4C[C@@H](C)N(C(=O)OC(C)(C)C)[C@@H](C)C4)nc(=O)n1c23. The normalized spacial score (nSPS) is 19.3. The smallest absolute Gasteiger partial charge is 0.417 e. The molecule has 1 N–H and O–H groups in total. The molecule has 0 unspecified atom stereocenters. The van der Waals surface area contributed by atoms with Crippen molar-refractivity contribution in [1.82, 2.24) is 19.4 Å². The Bertz CT molecular complexity index is 2240. The van der Waals surface area contributed by atoms with Gasteiger partial charge in [-0.2, -0.15) is 18.2 Å². The van der Waals surface area contributed by atoms with Crippen LogP contribution in [0.15, 0.2) is 21.8 Å². The van der Waals surface area contributed by atoms with E-state index in [9.17, 15) is 14.4 Å². The van der Waals surface area contributed by atoms with Gasteiger partial charge in [-0.15, -0.1) is 11.8 Å². The van der Waals surface area contributed by atoms with E-state index in [-0.39, 0.29) is 56.9 Å². The van der Waals surface area contributed by atoms with Gasteiger partial charge in [0.15, 0.2) is 5.13 Å².